The number of nitriles is 2. The number of aromatic nitrogens is 1. The Kier molecular flexibility index (Phi) is 4.50. The summed E-state index contributed by atoms with van der Waals surface area (Å²) in [6.07, 6.45) is 1.77. The second-order valence-corrected chi connectivity index (χ2v) is 6.02. The van der Waals surface area contributed by atoms with Crippen LogP contribution in [0.2, 0.25) is 0 Å². The van der Waals surface area contributed by atoms with Crippen molar-refractivity contribution in [1.29, 1.82) is 10.5 Å². The first-order valence-electron chi connectivity index (χ1n) is 8.04. The Labute approximate surface area is 140 Å². The van der Waals surface area contributed by atoms with Crippen LogP contribution in [-0.2, 0) is 7.05 Å². The molecule has 0 unspecified atom stereocenters. The van der Waals surface area contributed by atoms with E-state index in [4.69, 9.17) is 5.26 Å². The first-order chi connectivity index (χ1) is 11.7. The lowest BCUT2D eigenvalue weighted by atomic mass is 10.0. The molecule has 0 radical (unpaired) electrons. The zero-order valence-corrected chi connectivity index (χ0v) is 13.6. The van der Waals surface area contributed by atoms with E-state index >= 15 is 0 Å². The van der Waals surface area contributed by atoms with Crippen LogP contribution >= 0.6 is 0 Å². The predicted octanol–water partition coefficient (Wildman–Crippen LogP) is 1.49. The fraction of sp³-hybridized carbons (Fsp3) is 0.389. The highest BCUT2D eigenvalue weighted by Crippen LogP contribution is 2.30. The molecule has 1 N–H and O–H groups in total. The number of nitrogens with zero attached hydrogens (tertiary/aromatic N) is 4. The molecule has 1 aromatic carbocycles. The second-order valence-electron chi connectivity index (χ2n) is 6.02. The topological polar surface area (TPSA) is 84.8 Å². The standard InChI is InChI=1S/C18H19N5O/c1-22-16-5-3-2-4-14(16)17(15(12-20)18(22)24)23-10-6-13(7-11-23)21-9-8-19/h2-5,13,21H,6-7,9-11H2,1H3. The number of rotatable bonds is 3. The van der Waals surface area contributed by atoms with Crippen molar-refractivity contribution in [2.75, 3.05) is 24.5 Å². The lowest BCUT2D eigenvalue weighted by molar-refractivity contribution is 0.432. The summed E-state index contributed by atoms with van der Waals surface area (Å²) in [7, 11) is 1.70. The van der Waals surface area contributed by atoms with Gasteiger partial charge in [-0.05, 0) is 18.9 Å². The molecule has 1 fully saturated rings. The fourth-order valence-electron chi connectivity index (χ4n) is 3.41. The third-order valence-electron chi connectivity index (χ3n) is 4.67. The summed E-state index contributed by atoms with van der Waals surface area (Å²) >= 11 is 0. The van der Waals surface area contributed by atoms with Crippen LogP contribution in [0.25, 0.3) is 10.9 Å². The third kappa shape index (κ3) is 2.73. The second kappa shape index (κ2) is 6.74. The monoisotopic (exact) mass is 321 g/mol. The number of nitrogens with one attached hydrogen (secondary N) is 1. The van der Waals surface area contributed by atoms with Gasteiger partial charge in [0.2, 0.25) is 0 Å². The zero-order chi connectivity index (χ0) is 17.1. The molecular weight excluding hydrogens is 302 g/mol. The maximum Gasteiger partial charge on any atom is 0.270 e. The van der Waals surface area contributed by atoms with Crippen molar-refractivity contribution >= 4 is 16.6 Å². The van der Waals surface area contributed by atoms with E-state index in [0.29, 0.717) is 12.6 Å². The van der Waals surface area contributed by atoms with Gasteiger partial charge >= 0.3 is 0 Å². The molecule has 24 heavy (non-hydrogen) atoms. The van der Waals surface area contributed by atoms with Crippen LogP contribution in [0.5, 0.6) is 0 Å². The third-order valence-corrected chi connectivity index (χ3v) is 4.67. The van der Waals surface area contributed by atoms with Gasteiger partial charge in [0, 0.05) is 31.6 Å². The summed E-state index contributed by atoms with van der Waals surface area (Å²) < 4.78 is 1.54. The summed E-state index contributed by atoms with van der Waals surface area (Å²) in [5, 5.41) is 22.4. The Bertz CT molecular complexity index is 894. The van der Waals surface area contributed by atoms with Gasteiger partial charge in [-0.25, -0.2) is 0 Å². The molecular formula is C18H19N5O. The number of anilines is 1. The maximum absolute atomic E-state index is 12.5. The molecule has 2 heterocycles. The Morgan fingerprint density at radius 3 is 2.62 bits per heavy atom. The predicted molar refractivity (Wildman–Crippen MR) is 92.8 cm³/mol. The highest BCUT2D eigenvalue weighted by Gasteiger charge is 2.24. The molecule has 1 aliphatic heterocycles. The number of aryl methyl sites for hydroxylation is 1. The van der Waals surface area contributed by atoms with Crippen LogP contribution in [0.1, 0.15) is 18.4 Å². The van der Waals surface area contributed by atoms with E-state index in [-0.39, 0.29) is 11.1 Å². The van der Waals surface area contributed by atoms with Crippen LogP contribution in [0, 0.1) is 22.7 Å². The molecule has 1 aliphatic rings. The zero-order valence-electron chi connectivity index (χ0n) is 13.6. The normalized spacial score (nSPS) is 15.2. The molecule has 122 valence electrons. The van der Waals surface area contributed by atoms with Gasteiger partial charge in [-0.15, -0.1) is 0 Å². The van der Waals surface area contributed by atoms with Crippen molar-refractivity contribution in [2.45, 2.75) is 18.9 Å². The lowest BCUT2D eigenvalue weighted by Crippen LogP contribution is -2.43. The molecule has 0 atom stereocenters. The quantitative estimate of drug-likeness (QED) is 0.866. The largest absolute Gasteiger partial charge is 0.370 e. The van der Waals surface area contributed by atoms with Crippen molar-refractivity contribution in [1.82, 2.24) is 9.88 Å². The van der Waals surface area contributed by atoms with Gasteiger partial charge in [-0.3, -0.25) is 4.79 Å². The van der Waals surface area contributed by atoms with Crippen molar-refractivity contribution in [3.8, 4) is 12.1 Å². The maximum atomic E-state index is 12.5. The van der Waals surface area contributed by atoms with Gasteiger partial charge in [0.1, 0.15) is 11.6 Å². The summed E-state index contributed by atoms with van der Waals surface area (Å²) in [5.74, 6) is 0. The van der Waals surface area contributed by atoms with Crippen molar-refractivity contribution in [3.63, 3.8) is 0 Å². The van der Waals surface area contributed by atoms with E-state index in [0.717, 1.165) is 42.5 Å². The highest BCUT2D eigenvalue weighted by molar-refractivity contribution is 5.94. The number of benzene rings is 1. The van der Waals surface area contributed by atoms with Gasteiger partial charge in [0.05, 0.1) is 23.8 Å². The fourth-order valence-corrected chi connectivity index (χ4v) is 3.41. The molecule has 6 nitrogen and oxygen atoms in total. The lowest BCUT2D eigenvalue weighted by Gasteiger charge is -2.35. The van der Waals surface area contributed by atoms with E-state index in [1.54, 1.807) is 11.6 Å². The van der Waals surface area contributed by atoms with Crippen LogP contribution < -0.4 is 15.8 Å². The van der Waals surface area contributed by atoms with Crippen molar-refractivity contribution < 1.29 is 0 Å². The number of piperidine rings is 1. The smallest absolute Gasteiger partial charge is 0.270 e. The van der Waals surface area contributed by atoms with E-state index < -0.39 is 0 Å². The van der Waals surface area contributed by atoms with E-state index in [1.165, 1.54) is 0 Å². The molecule has 3 rings (SSSR count). The van der Waals surface area contributed by atoms with Gasteiger partial charge < -0.3 is 14.8 Å². The number of para-hydroxylation sites is 1. The SMILES string of the molecule is Cn1c(=O)c(C#N)c(N2CCC(NCC#N)CC2)c2ccccc21. The summed E-state index contributed by atoms with van der Waals surface area (Å²) in [4.78, 5) is 14.7. The van der Waals surface area contributed by atoms with Gasteiger partial charge in [0.15, 0.2) is 0 Å². The summed E-state index contributed by atoms with van der Waals surface area (Å²) in [6.45, 7) is 1.87. The van der Waals surface area contributed by atoms with Crippen molar-refractivity contribution in [3.05, 3.63) is 40.2 Å². The molecule has 1 aromatic heterocycles. The van der Waals surface area contributed by atoms with E-state index in [9.17, 15) is 10.1 Å². The van der Waals surface area contributed by atoms with Gasteiger partial charge in [0.25, 0.3) is 5.56 Å². The van der Waals surface area contributed by atoms with Gasteiger partial charge in [-0.1, -0.05) is 18.2 Å². The first kappa shape index (κ1) is 16.0. The number of hydrogen-bond donors (Lipinski definition) is 1. The first-order valence-corrected chi connectivity index (χ1v) is 8.04. The average Bonchev–Trinajstić information content (AvgIpc) is 2.63. The van der Waals surface area contributed by atoms with Gasteiger partial charge in [-0.2, -0.15) is 10.5 Å². The molecule has 1 saturated heterocycles. The minimum atomic E-state index is -0.254. The minimum absolute atomic E-state index is 0.208. The highest BCUT2D eigenvalue weighted by atomic mass is 16.1. The summed E-state index contributed by atoms with van der Waals surface area (Å²) in [6, 6.07) is 12.2. The molecule has 2 aromatic rings. The van der Waals surface area contributed by atoms with Crippen molar-refractivity contribution in [2.24, 2.45) is 7.05 Å². The Morgan fingerprint density at radius 1 is 1.25 bits per heavy atom. The molecule has 0 saturated carbocycles. The van der Waals surface area contributed by atoms with E-state index in [2.05, 4.69) is 22.4 Å². The van der Waals surface area contributed by atoms with Crippen LogP contribution in [0.15, 0.2) is 29.1 Å². The number of pyridine rings is 1. The summed E-state index contributed by atoms with van der Waals surface area (Å²) in [5.41, 5.74) is 1.53. The molecule has 0 spiro atoms. The molecule has 6 heteroatoms. The van der Waals surface area contributed by atoms with Crippen LogP contribution in [-0.4, -0.2) is 30.2 Å². The molecule has 0 aliphatic carbocycles. The van der Waals surface area contributed by atoms with Crippen LogP contribution in [0.3, 0.4) is 0 Å². The Hall–Kier alpha value is -2.83. The number of hydrogen-bond acceptors (Lipinski definition) is 5. The Morgan fingerprint density at radius 2 is 1.96 bits per heavy atom. The minimum Gasteiger partial charge on any atom is -0.370 e. The number of fused-ring (bicyclic) bond motifs is 1. The Balaban J connectivity index is 2.02. The van der Waals surface area contributed by atoms with E-state index in [1.807, 2.05) is 24.3 Å². The molecule has 0 bridgehead atoms. The average molecular weight is 321 g/mol. The van der Waals surface area contributed by atoms with Crippen LogP contribution in [0.4, 0.5) is 5.69 Å². The molecule has 0 amide bonds.